The molecule has 4 aromatic rings. The third-order valence-electron chi connectivity index (χ3n) is 5.83. The molecule has 0 radical (unpaired) electrons. The first kappa shape index (κ1) is 24.6. The second kappa shape index (κ2) is 10.1. The fourth-order valence-corrected chi connectivity index (χ4v) is 5.18. The van der Waals surface area contributed by atoms with Crippen LogP contribution in [0.15, 0.2) is 43.0 Å². The highest BCUT2D eigenvalue weighted by Gasteiger charge is 2.30. The first-order valence-electron chi connectivity index (χ1n) is 11.1. The van der Waals surface area contributed by atoms with Gasteiger partial charge in [0.25, 0.3) is 11.8 Å². The monoisotopic (exact) mass is 536 g/mol. The summed E-state index contributed by atoms with van der Waals surface area (Å²) in [6.45, 7) is 2.55. The number of aryl methyl sites for hydroxylation is 1. The minimum Gasteiger partial charge on any atom is -0.494 e. The van der Waals surface area contributed by atoms with Gasteiger partial charge < -0.3 is 14.4 Å². The number of carbonyl (C=O) groups excluding carboxylic acids is 2. The summed E-state index contributed by atoms with van der Waals surface area (Å²) in [5.74, 6) is 0.348. The highest BCUT2D eigenvalue weighted by molar-refractivity contribution is 7.16. The van der Waals surface area contributed by atoms with Crippen molar-refractivity contribution in [1.82, 2.24) is 24.8 Å². The van der Waals surface area contributed by atoms with Crippen molar-refractivity contribution in [3.05, 3.63) is 75.5 Å². The molecule has 1 aliphatic heterocycles. The van der Waals surface area contributed by atoms with E-state index in [1.807, 2.05) is 6.92 Å². The Morgan fingerprint density at radius 2 is 1.84 bits per heavy atom. The van der Waals surface area contributed by atoms with Gasteiger partial charge in [-0.2, -0.15) is 0 Å². The lowest BCUT2D eigenvalue weighted by Gasteiger charge is -2.17. The molecule has 0 saturated carbocycles. The van der Waals surface area contributed by atoms with Crippen molar-refractivity contribution >= 4 is 39.9 Å². The first-order valence-corrected chi connectivity index (χ1v) is 12.3. The van der Waals surface area contributed by atoms with E-state index in [4.69, 9.17) is 21.1 Å². The zero-order chi connectivity index (χ0) is 26.1. The van der Waals surface area contributed by atoms with Gasteiger partial charge in [-0.1, -0.05) is 22.9 Å². The van der Waals surface area contributed by atoms with Crippen molar-refractivity contribution in [3.8, 4) is 22.6 Å². The van der Waals surface area contributed by atoms with Crippen LogP contribution in [-0.2, 0) is 13.1 Å². The Kier molecular flexibility index (Phi) is 6.72. The molecule has 0 bridgehead atoms. The van der Waals surface area contributed by atoms with Gasteiger partial charge in [0.05, 0.1) is 61.4 Å². The van der Waals surface area contributed by atoms with Crippen LogP contribution < -0.4 is 14.8 Å². The van der Waals surface area contributed by atoms with Crippen molar-refractivity contribution in [2.75, 3.05) is 19.5 Å². The topological polar surface area (TPSA) is 119 Å². The lowest BCUT2D eigenvalue weighted by Crippen LogP contribution is -2.26. The third kappa shape index (κ3) is 4.83. The van der Waals surface area contributed by atoms with Crippen LogP contribution >= 0.6 is 22.9 Å². The van der Waals surface area contributed by atoms with E-state index in [1.165, 1.54) is 44.1 Å². The summed E-state index contributed by atoms with van der Waals surface area (Å²) in [7, 11) is 3.03. The maximum Gasteiger partial charge on any atom is 0.259 e. The molecule has 4 aromatic heterocycles. The number of nitrogens with zero attached hydrogens (tertiary/aromatic N) is 5. The Labute approximate surface area is 221 Å². The summed E-state index contributed by atoms with van der Waals surface area (Å²) in [6.07, 6.45) is 6.08. The molecule has 0 spiro atoms. The molecule has 1 aliphatic rings. The van der Waals surface area contributed by atoms with E-state index < -0.39 is 0 Å². The molecule has 188 valence electrons. The van der Waals surface area contributed by atoms with Crippen LogP contribution in [0, 0.1) is 6.92 Å². The maximum absolute atomic E-state index is 13.3. The molecular weight excluding hydrogens is 516 g/mol. The number of amides is 2. The largest absolute Gasteiger partial charge is 0.494 e. The molecule has 0 fully saturated rings. The highest BCUT2D eigenvalue weighted by Crippen LogP contribution is 2.36. The number of nitrogens with one attached hydrogen (secondary N) is 1. The number of hydrogen-bond acceptors (Lipinski definition) is 9. The Bertz CT molecular complexity index is 1500. The average Bonchev–Trinajstić information content (AvgIpc) is 3.47. The quantitative estimate of drug-likeness (QED) is 0.360. The molecule has 0 unspecified atom stereocenters. The number of aromatic nitrogens is 4. The lowest BCUT2D eigenvalue weighted by molar-refractivity contribution is 0.0747. The van der Waals surface area contributed by atoms with E-state index in [-0.39, 0.29) is 17.0 Å². The number of rotatable bonds is 6. The molecule has 5 heterocycles. The average molecular weight is 537 g/mol. The van der Waals surface area contributed by atoms with Gasteiger partial charge in [-0.25, -0.2) is 9.97 Å². The predicted molar refractivity (Wildman–Crippen MR) is 138 cm³/mol. The van der Waals surface area contributed by atoms with Crippen LogP contribution in [0.1, 0.15) is 37.0 Å². The molecule has 2 amide bonds. The molecule has 10 nitrogen and oxygen atoms in total. The minimum absolute atomic E-state index is 0.171. The molecule has 5 rings (SSSR count). The Balaban J connectivity index is 1.36. The minimum atomic E-state index is -0.376. The summed E-state index contributed by atoms with van der Waals surface area (Å²) in [6, 6.07) is 5.07. The summed E-state index contributed by atoms with van der Waals surface area (Å²) in [5.41, 5.74) is 3.48. The van der Waals surface area contributed by atoms with E-state index >= 15 is 0 Å². The highest BCUT2D eigenvalue weighted by atomic mass is 35.5. The van der Waals surface area contributed by atoms with Gasteiger partial charge in [0.1, 0.15) is 16.7 Å². The molecule has 0 saturated heterocycles. The van der Waals surface area contributed by atoms with Crippen molar-refractivity contribution in [1.29, 1.82) is 0 Å². The zero-order valence-corrected chi connectivity index (χ0v) is 21.7. The van der Waals surface area contributed by atoms with Crippen LogP contribution in [0.4, 0.5) is 5.13 Å². The van der Waals surface area contributed by atoms with Crippen LogP contribution in [0.2, 0.25) is 5.15 Å². The van der Waals surface area contributed by atoms with Gasteiger partial charge in [-0.15, -0.1) is 0 Å². The van der Waals surface area contributed by atoms with Gasteiger partial charge in [0.2, 0.25) is 0 Å². The number of ether oxygens (including phenoxy) is 2. The number of methoxy groups -OCH3 is 2. The van der Waals surface area contributed by atoms with E-state index in [0.717, 1.165) is 16.3 Å². The SMILES string of the molecule is COc1cnccc1C(=O)N1Cc2nc(NC(=O)c3cnc(C)cc3-c3cc(Cl)ncc3OC)sc2C1. The smallest absolute Gasteiger partial charge is 0.259 e. The normalized spacial score (nSPS) is 12.3. The van der Waals surface area contributed by atoms with Crippen molar-refractivity contribution in [3.63, 3.8) is 0 Å². The fourth-order valence-electron chi connectivity index (χ4n) is 4.05. The predicted octanol–water partition coefficient (Wildman–Crippen LogP) is 4.38. The number of halogens is 1. The molecule has 12 heteroatoms. The molecule has 0 aromatic carbocycles. The van der Waals surface area contributed by atoms with Crippen molar-refractivity contribution < 1.29 is 19.1 Å². The summed E-state index contributed by atoms with van der Waals surface area (Å²) < 4.78 is 10.7. The lowest BCUT2D eigenvalue weighted by atomic mass is 10.0. The maximum atomic E-state index is 13.3. The number of anilines is 1. The Morgan fingerprint density at radius 3 is 2.59 bits per heavy atom. The summed E-state index contributed by atoms with van der Waals surface area (Å²) in [4.78, 5) is 45.8. The number of carbonyl (C=O) groups is 2. The first-order chi connectivity index (χ1) is 17.9. The fraction of sp³-hybridized carbons (Fsp3) is 0.200. The summed E-state index contributed by atoms with van der Waals surface area (Å²) in [5, 5.41) is 3.58. The number of hydrogen-bond donors (Lipinski definition) is 1. The van der Waals surface area contributed by atoms with Crippen molar-refractivity contribution in [2.45, 2.75) is 20.0 Å². The van der Waals surface area contributed by atoms with Gasteiger partial charge in [0, 0.05) is 29.2 Å². The number of fused-ring (bicyclic) bond motifs is 1. The third-order valence-corrected chi connectivity index (χ3v) is 7.03. The van der Waals surface area contributed by atoms with E-state index in [2.05, 4.69) is 25.3 Å². The number of pyridine rings is 3. The molecule has 0 aliphatic carbocycles. The second-order valence-electron chi connectivity index (χ2n) is 8.16. The Morgan fingerprint density at radius 1 is 1.03 bits per heavy atom. The number of thiazole rings is 1. The van der Waals surface area contributed by atoms with Crippen LogP contribution in [0.3, 0.4) is 0 Å². The summed E-state index contributed by atoms with van der Waals surface area (Å²) >= 11 is 7.46. The van der Waals surface area contributed by atoms with Crippen LogP contribution in [0.5, 0.6) is 11.5 Å². The van der Waals surface area contributed by atoms with Gasteiger partial charge in [0.15, 0.2) is 5.13 Å². The van der Waals surface area contributed by atoms with E-state index in [1.54, 1.807) is 29.3 Å². The van der Waals surface area contributed by atoms with E-state index in [9.17, 15) is 9.59 Å². The van der Waals surface area contributed by atoms with Crippen LogP contribution in [0.25, 0.3) is 11.1 Å². The van der Waals surface area contributed by atoms with Gasteiger partial charge in [-0.05, 0) is 25.1 Å². The molecular formula is C25H21ClN6O4S. The molecule has 37 heavy (non-hydrogen) atoms. The zero-order valence-electron chi connectivity index (χ0n) is 20.1. The standard InChI is InChI=1S/C25H21ClN6O4S/c1-13-6-15(16-7-22(26)29-10-20(16)36-3)17(8-28-13)23(33)31-25-30-18-11-32(12-21(18)37-25)24(34)14-4-5-27-9-19(14)35-2/h4-10H,11-12H2,1-3H3,(H,30,31,33). The van der Waals surface area contributed by atoms with Crippen LogP contribution in [-0.4, -0.2) is 50.9 Å². The second-order valence-corrected chi connectivity index (χ2v) is 9.63. The Hall–Kier alpha value is -4.09. The molecule has 0 atom stereocenters. The van der Waals surface area contributed by atoms with E-state index in [0.29, 0.717) is 52.0 Å². The van der Waals surface area contributed by atoms with Crippen molar-refractivity contribution in [2.24, 2.45) is 0 Å². The van der Waals surface area contributed by atoms with Gasteiger partial charge >= 0.3 is 0 Å². The molecule has 1 N–H and O–H groups in total. The van der Waals surface area contributed by atoms with Gasteiger partial charge in [-0.3, -0.25) is 24.9 Å².